The van der Waals surface area contributed by atoms with Crippen molar-refractivity contribution in [3.63, 3.8) is 0 Å². The van der Waals surface area contributed by atoms with Gasteiger partial charge in [-0.1, -0.05) is 23.4 Å². The lowest BCUT2D eigenvalue weighted by Gasteiger charge is -2.39. The molecule has 162 valence electrons. The SMILES string of the molecule is CC1CN(Cc2ccc(C#N)cc2)CCN1C(=O)c1cn(-c2cccc([N+](=O)[O-])c2)nn1. The molecule has 0 spiro atoms. The van der Waals surface area contributed by atoms with Crippen LogP contribution in [0.1, 0.15) is 28.5 Å². The van der Waals surface area contributed by atoms with Gasteiger partial charge >= 0.3 is 0 Å². The Morgan fingerprint density at radius 3 is 2.72 bits per heavy atom. The molecule has 32 heavy (non-hydrogen) atoms. The molecule has 0 radical (unpaired) electrons. The normalized spacial score (nSPS) is 16.5. The lowest BCUT2D eigenvalue weighted by atomic mass is 10.1. The monoisotopic (exact) mass is 431 g/mol. The zero-order valence-electron chi connectivity index (χ0n) is 17.5. The summed E-state index contributed by atoms with van der Waals surface area (Å²) in [5, 5.41) is 27.9. The molecule has 2 aromatic carbocycles. The van der Waals surface area contributed by atoms with E-state index < -0.39 is 4.92 Å². The number of rotatable bonds is 5. The largest absolute Gasteiger partial charge is 0.332 e. The molecule has 4 rings (SSSR count). The van der Waals surface area contributed by atoms with Gasteiger partial charge in [0.05, 0.1) is 28.4 Å². The second-order valence-electron chi connectivity index (χ2n) is 7.72. The van der Waals surface area contributed by atoms with Crippen molar-refractivity contribution in [1.82, 2.24) is 24.8 Å². The Kier molecular flexibility index (Phi) is 5.91. The van der Waals surface area contributed by atoms with E-state index >= 15 is 0 Å². The zero-order chi connectivity index (χ0) is 22.7. The van der Waals surface area contributed by atoms with E-state index in [1.807, 2.05) is 31.2 Å². The quantitative estimate of drug-likeness (QED) is 0.449. The molecule has 10 heteroatoms. The third-order valence-electron chi connectivity index (χ3n) is 5.48. The maximum atomic E-state index is 13.0. The molecule has 1 atom stereocenters. The summed E-state index contributed by atoms with van der Waals surface area (Å²) in [6.07, 6.45) is 1.50. The van der Waals surface area contributed by atoms with Crippen molar-refractivity contribution in [2.75, 3.05) is 19.6 Å². The number of hydrogen-bond acceptors (Lipinski definition) is 7. The minimum absolute atomic E-state index is 0.0161. The van der Waals surface area contributed by atoms with Gasteiger partial charge in [-0.05, 0) is 30.7 Å². The van der Waals surface area contributed by atoms with E-state index in [9.17, 15) is 14.9 Å². The van der Waals surface area contributed by atoms with Crippen molar-refractivity contribution < 1.29 is 9.72 Å². The summed E-state index contributed by atoms with van der Waals surface area (Å²) in [6, 6.07) is 15.6. The van der Waals surface area contributed by atoms with Gasteiger partial charge in [0.1, 0.15) is 0 Å². The van der Waals surface area contributed by atoms with Gasteiger partial charge in [-0.25, -0.2) is 4.68 Å². The molecule has 1 aliphatic heterocycles. The van der Waals surface area contributed by atoms with Crippen LogP contribution in [0, 0.1) is 21.4 Å². The second-order valence-corrected chi connectivity index (χ2v) is 7.72. The fraction of sp³-hybridized carbons (Fsp3) is 0.273. The first-order chi connectivity index (χ1) is 15.4. The summed E-state index contributed by atoms with van der Waals surface area (Å²) in [5.41, 5.74) is 2.36. The van der Waals surface area contributed by atoms with Crippen LogP contribution in [-0.4, -0.2) is 61.3 Å². The predicted molar refractivity (Wildman–Crippen MR) is 115 cm³/mol. The van der Waals surface area contributed by atoms with E-state index in [4.69, 9.17) is 5.26 Å². The van der Waals surface area contributed by atoms with Crippen LogP contribution in [0.5, 0.6) is 0 Å². The van der Waals surface area contributed by atoms with Crippen molar-refractivity contribution in [3.05, 3.63) is 81.7 Å². The van der Waals surface area contributed by atoms with E-state index in [0.717, 1.165) is 18.7 Å². The molecule has 1 aliphatic rings. The van der Waals surface area contributed by atoms with Crippen LogP contribution in [0.15, 0.2) is 54.7 Å². The number of carbonyl (C=O) groups is 1. The van der Waals surface area contributed by atoms with Gasteiger partial charge in [-0.2, -0.15) is 5.26 Å². The highest BCUT2D eigenvalue weighted by Gasteiger charge is 2.29. The number of carbonyl (C=O) groups excluding carboxylic acids is 1. The Morgan fingerprint density at radius 2 is 2.03 bits per heavy atom. The minimum Gasteiger partial charge on any atom is -0.332 e. The summed E-state index contributed by atoms with van der Waals surface area (Å²) < 4.78 is 1.37. The number of hydrogen-bond donors (Lipinski definition) is 0. The van der Waals surface area contributed by atoms with E-state index in [1.165, 1.54) is 23.0 Å². The van der Waals surface area contributed by atoms with Gasteiger partial charge in [0.2, 0.25) is 0 Å². The molecule has 3 aromatic rings. The van der Waals surface area contributed by atoms with Crippen LogP contribution in [0.4, 0.5) is 5.69 Å². The van der Waals surface area contributed by atoms with Crippen molar-refractivity contribution in [2.24, 2.45) is 0 Å². The number of benzene rings is 2. The zero-order valence-corrected chi connectivity index (χ0v) is 17.5. The number of nitriles is 1. The number of nitro benzene ring substituents is 1. The van der Waals surface area contributed by atoms with Crippen LogP contribution in [0.3, 0.4) is 0 Å². The third-order valence-corrected chi connectivity index (χ3v) is 5.48. The van der Waals surface area contributed by atoms with Crippen molar-refractivity contribution in [3.8, 4) is 11.8 Å². The number of amides is 1. The summed E-state index contributed by atoms with van der Waals surface area (Å²) in [5.74, 6) is -0.216. The van der Waals surface area contributed by atoms with Gasteiger partial charge in [-0.15, -0.1) is 5.10 Å². The smallest absolute Gasteiger partial charge is 0.276 e. The third kappa shape index (κ3) is 4.48. The number of aromatic nitrogens is 3. The van der Waals surface area contributed by atoms with Crippen LogP contribution in [0.25, 0.3) is 5.69 Å². The number of nitro groups is 1. The molecule has 1 fully saturated rings. The highest BCUT2D eigenvalue weighted by Crippen LogP contribution is 2.18. The van der Waals surface area contributed by atoms with Gasteiger partial charge in [-0.3, -0.25) is 19.8 Å². The van der Waals surface area contributed by atoms with Gasteiger partial charge in [0.25, 0.3) is 11.6 Å². The molecule has 1 unspecified atom stereocenters. The first kappa shape index (κ1) is 21.1. The first-order valence-corrected chi connectivity index (χ1v) is 10.1. The van der Waals surface area contributed by atoms with E-state index in [1.54, 1.807) is 17.0 Å². The Hall–Kier alpha value is -4.10. The fourth-order valence-electron chi connectivity index (χ4n) is 3.81. The Bertz CT molecular complexity index is 1180. The maximum absolute atomic E-state index is 13.0. The summed E-state index contributed by atoms with van der Waals surface area (Å²) >= 11 is 0. The lowest BCUT2D eigenvalue weighted by molar-refractivity contribution is -0.384. The molecule has 1 saturated heterocycles. The van der Waals surface area contributed by atoms with Crippen LogP contribution >= 0.6 is 0 Å². The lowest BCUT2D eigenvalue weighted by Crippen LogP contribution is -2.53. The van der Waals surface area contributed by atoms with Crippen LogP contribution in [0.2, 0.25) is 0 Å². The highest BCUT2D eigenvalue weighted by atomic mass is 16.6. The Balaban J connectivity index is 1.41. The molecular formula is C22H21N7O3. The second kappa shape index (κ2) is 8.95. The molecular weight excluding hydrogens is 410 g/mol. The topological polar surface area (TPSA) is 121 Å². The molecule has 0 saturated carbocycles. The molecule has 2 heterocycles. The Labute approximate surface area is 184 Å². The molecule has 1 aromatic heterocycles. The van der Waals surface area contributed by atoms with Crippen molar-refractivity contribution in [1.29, 1.82) is 5.26 Å². The molecule has 1 amide bonds. The number of piperazine rings is 1. The van der Waals surface area contributed by atoms with Gasteiger partial charge < -0.3 is 4.90 Å². The predicted octanol–water partition coefficient (Wildman–Crippen LogP) is 2.39. The molecule has 10 nitrogen and oxygen atoms in total. The van der Waals surface area contributed by atoms with E-state index in [2.05, 4.69) is 21.3 Å². The molecule has 0 N–H and O–H groups in total. The van der Waals surface area contributed by atoms with Crippen molar-refractivity contribution >= 4 is 11.6 Å². The minimum atomic E-state index is -0.481. The van der Waals surface area contributed by atoms with E-state index in [-0.39, 0.29) is 23.3 Å². The number of nitrogens with zero attached hydrogens (tertiary/aromatic N) is 7. The summed E-state index contributed by atoms with van der Waals surface area (Å²) in [4.78, 5) is 27.6. The summed E-state index contributed by atoms with van der Waals surface area (Å²) in [7, 11) is 0. The van der Waals surface area contributed by atoms with E-state index in [0.29, 0.717) is 24.3 Å². The average Bonchev–Trinajstić information content (AvgIpc) is 3.30. The van der Waals surface area contributed by atoms with Crippen LogP contribution < -0.4 is 0 Å². The van der Waals surface area contributed by atoms with Gasteiger partial charge in [0.15, 0.2) is 5.69 Å². The fourth-order valence-corrected chi connectivity index (χ4v) is 3.81. The van der Waals surface area contributed by atoms with Crippen molar-refractivity contribution in [2.45, 2.75) is 19.5 Å². The average molecular weight is 431 g/mol. The number of non-ortho nitro benzene ring substituents is 1. The standard InChI is InChI=1S/C22H21N7O3/c1-16-13-26(14-18-7-5-17(12-23)6-8-18)9-10-27(16)22(30)21-15-28(25-24-21)19-3-2-4-20(11-19)29(31)32/h2-8,11,15-16H,9-10,13-14H2,1H3. The van der Waals surface area contributed by atoms with Crippen LogP contribution in [-0.2, 0) is 6.54 Å². The first-order valence-electron chi connectivity index (χ1n) is 10.1. The molecule has 0 bridgehead atoms. The maximum Gasteiger partial charge on any atom is 0.276 e. The summed E-state index contributed by atoms with van der Waals surface area (Å²) in [6.45, 7) is 4.73. The molecule has 0 aliphatic carbocycles. The Morgan fingerprint density at radius 1 is 1.25 bits per heavy atom. The highest BCUT2D eigenvalue weighted by molar-refractivity contribution is 5.92. The van der Waals surface area contributed by atoms with Gasteiger partial charge in [0, 0.05) is 44.4 Å².